The molecule has 82 heavy (non-hydrogen) atoms. The number of nitrogens with zero attached hydrogens (tertiary/aromatic N) is 15. The number of aryl methyl sites for hydroxylation is 4. The number of anilines is 2. The number of aliphatic hydroxyl groups is 1. The normalized spacial score (nSPS) is 19.8. The number of carbonyl (C=O) groups excluding carboxylic acids is 4. The molecule has 6 aromatic heterocycles. The van der Waals surface area contributed by atoms with Crippen LogP contribution < -0.4 is 10.2 Å². The number of rotatable bonds is 9. The molecule has 2 atom stereocenters. The summed E-state index contributed by atoms with van der Waals surface area (Å²) >= 11 is 3.21. The van der Waals surface area contributed by atoms with Crippen molar-refractivity contribution in [2.45, 2.75) is 103 Å². The molecule has 2 saturated carbocycles. The summed E-state index contributed by atoms with van der Waals surface area (Å²) in [5.41, 5.74) is 8.21. The van der Waals surface area contributed by atoms with Crippen molar-refractivity contribution in [3.63, 3.8) is 0 Å². The lowest BCUT2D eigenvalue weighted by Crippen LogP contribution is -2.54. The van der Waals surface area contributed by atoms with E-state index in [0.717, 1.165) is 88.6 Å². The molecular weight excluding hydrogens is 1100 g/mol. The Hall–Kier alpha value is -8.24. The first kappa shape index (κ1) is 54.4. The average Bonchev–Trinajstić information content (AvgIpc) is 4.42. The molecule has 14 rings (SSSR count). The minimum atomic E-state index is -1.11. The number of halogens is 1. The Morgan fingerprint density at radius 1 is 0.695 bits per heavy atom. The van der Waals surface area contributed by atoms with E-state index in [4.69, 9.17) is 9.97 Å². The molecule has 4 fully saturated rings. The molecule has 10 heterocycles. The van der Waals surface area contributed by atoms with Crippen LogP contribution in [0.25, 0.3) is 67.6 Å². The summed E-state index contributed by atoms with van der Waals surface area (Å²) in [5.74, 6) is 2.66. The van der Waals surface area contributed by atoms with Crippen molar-refractivity contribution in [3.05, 3.63) is 109 Å². The first-order valence-electron chi connectivity index (χ1n) is 27.7. The van der Waals surface area contributed by atoms with Gasteiger partial charge >= 0.3 is 0 Å². The van der Waals surface area contributed by atoms with Gasteiger partial charge in [0.2, 0.25) is 11.8 Å². The first-order valence-corrected chi connectivity index (χ1v) is 28.9. The molecule has 0 bridgehead atoms. The van der Waals surface area contributed by atoms with Crippen LogP contribution in [0.2, 0.25) is 0 Å². The fraction of sp³-hybridized carbons (Fsp3) is 0.400. The van der Waals surface area contributed by atoms with Crippen molar-refractivity contribution >= 4 is 73.3 Å². The van der Waals surface area contributed by atoms with Crippen molar-refractivity contribution in [3.8, 4) is 45.3 Å². The molecule has 2 unspecified atom stereocenters. The molecule has 6 aliphatic rings. The number of hydrogen-bond acceptors (Lipinski definition) is 15. The highest BCUT2D eigenvalue weighted by atomic mass is 79.9. The fourth-order valence-corrected chi connectivity index (χ4v) is 12.0. The molecule has 2 N–H and O–H groups in total. The van der Waals surface area contributed by atoms with E-state index < -0.39 is 16.7 Å². The molecule has 4 aliphatic heterocycles. The highest BCUT2D eigenvalue weighted by Crippen LogP contribution is 2.54. The van der Waals surface area contributed by atoms with Gasteiger partial charge < -0.3 is 34.3 Å². The zero-order chi connectivity index (χ0) is 57.6. The van der Waals surface area contributed by atoms with Gasteiger partial charge in [0.05, 0.1) is 23.3 Å². The number of nitrogens with one attached hydrogen (secondary N) is 1. The molecule has 2 saturated heterocycles. The fourth-order valence-electron chi connectivity index (χ4n) is 12.0. The highest BCUT2D eigenvalue weighted by Gasteiger charge is 2.60. The Bertz CT molecular complexity index is 3920. The second kappa shape index (κ2) is 20.6. The summed E-state index contributed by atoms with van der Waals surface area (Å²) in [6.07, 6.45) is 16.3. The number of likely N-dealkylation sites (tertiary alicyclic amines) is 2. The first-order chi connectivity index (χ1) is 39.3. The number of β-amino-alcohol motifs (C(OH)–C–C–N with tert-alkyl or cyclic N) is 1. The minimum absolute atomic E-state index is 0.00748. The van der Waals surface area contributed by atoms with Gasteiger partial charge in [0.1, 0.15) is 69.5 Å². The molecule has 0 radical (unpaired) electrons. The summed E-state index contributed by atoms with van der Waals surface area (Å²) in [5, 5.41) is 14.7. The molecule has 2 aliphatic carbocycles. The molecule has 22 heteroatoms. The topological polar surface area (TPSA) is 249 Å². The van der Waals surface area contributed by atoms with Gasteiger partial charge in [-0.15, -0.1) is 0 Å². The lowest BCUT2D eigenvalue weighted by molar-refractivity contribution is -0.144. The van der Waals surface area contributed by atoms with E-state index in [1.165, 1.54) is 18.2 Å². The van der Waals surface area contributed by atoms with Crippen LogP contribution in [0.3, 0.4) is 0 Å². The van der Waals surface area contributed by atoms with E-state index in [1.807, 2.05) is 90.2 Å². The van der Waals surface area contributed by atoms with E-state index >= 15 is 0 Å². The number of benzene rings is 2. The molecular formula is C60H63BrN16O5. The van der Waals surface area contributed by atoms with Gasteiger partial charge in [-0.25, -0.2) is 49.8 Å². The lowest BCUT2D eigenvalue weighted by atomic mass is 9.86. The van der Waals surface area contributed by atoms with Crippen LogP contribution in [0, 0.1) is 25.7 Å². The summed E-state index contributed by atoms with van der Waals surface area (Å²) < 4.78 is 3.80. The number of carbonyl (C=O) groups is 4. The number of hydrogen-bond donors (Lipinski definition) is 2. The third kappa shape index (κ3) is 9.28. The van der Waals surface area contributed by atoms with E-state index in [9.17, 15) is 24.3 Å². The monoisotopic (exact) mass is 1170 g/mol. The largest absolute Gasteiger partial charge is 0.389 e. The quantitative estimate of drug-likeness (QED) is 0.102. The Morgan fingerprint density at radius 2 is 1.16 bits per heavy atom. The Morgan fingerprint density at radius 3 is 1.63 bits per heavy atom. The zero-order valence-corrected chi connectivity index (χ0v) is 48.5. The van der Waals surface area contributed by atoms with Crippen LogP contribution in [-0.4, -0.2) is 128 Å². The maximum atomic E-state index is 14.3. The van der Waals surface area contributed by atoms with E-state index in [0.29, 0.717) is 82.9 Å². The summed E-state index contributed by atoms with van der Waals surface area (Å²) in [4.78, 5) is 105. The third-order valence-corrected chi connectivity index (χ3v) is 17.2. The van der Waals surface area contributed by atoms with Crippen molar-refractivity contribution in [2.24, 2.45) is 25.9 Å². The predicted octanol–water partition coefficient (Wildman–Crippen LogP) is 8.07. The maximum absolute atomic E-state index is 14.3. The average molecular weight is 1170 g/mol. The van der Waals surface area contributed by atoms with E-state index in [2.05, 4.69) is 67.7 Å². The SMILES string of the molecule is C=C(C)CBr.Cc1ncc(-c2nc3c(-c4ccc5c(c4)C4(CCCN4C(=O)C4CC4)C(=O)N5)ncnc3n2C)cn1.Cc1ncc(-c2nc3c(-c4ccc5c(c4)C4(CCCN4C(=O)C4CC4)C(=O)N5CC(C)(C)O)ncnc3n2C)cn1. The molecule has 4 amide bonds. The smallest absolute Gasteiger partial charge is 0.257 e. The van der Waals surface area contributed by atoms with Crippen molar-refractivity contribution in [1.29, 1.82) is 0 Å². The summed E-state index contributed by atoms with van der Waals surface area (Å²) in [6.45, 7) is 13.9. The molecule has 2 spiro atoms. The second-order valence-electron chi connectivity index (χ2n) is 23.0. The number of alkyl halides is 1. The number of allylic oxidation sites excluding steroid dienone is 1. The molecule has 420 valence electrons. The minimum Gasteiger partial charge on any atom is -0.389 e. The molecule has 8 aromatic rings. The van der Waals surface area contributed by atoms with Crippen LogP contribution >= 0.6 is 15.9 Å². The van der Waals surface area contributed by atoms with Gasteiger partial charge in [-0.1, -0.05) is 40.2 Å². The Kier molecular flexibility index (Phi) is 13.7. The van der Waals surface area contributed by atoms with Crippen molar-refractivity contribution in [2.75, 3.05) is 35.2 Å². The molecule has 21 nitrogen and oxygen atoms in total. The zero-order valence-electron chi connectivity index (χ0n) is 46.9. The van der Waals surface area contributed by atoms with Crippen LogP contribution in [-0.2, 0) is 44.4 Å². The van der Waals surface area contributed by atoms with Gasteiger partial charge in [-0.3, -0.25) is 19.2 Å². The van der Waals surface area contributed by atoms with Crippen LogP contribution in [0.15, 0.2) is 86.0 Å². The Labute approximate surface area is 481 Å². The van der Waals surface area contributed by atoms with E-state index in [1.54, 1.807) is 43.5 Å². The van der Waals surface area contributed by atoms with Gasteiger partial charge in [0, 0.05) is 103 Å². The predicted molar refractivity (Wildman–Crippen MR) is 312 cm³/mol. The van der Waals surface area contributed by atoms with Gasteiger partial charge in [0.15, 0.2) is 11.3 Å². The van der Waals surface area contributed by atoms with Crippen molar-refractivity contribution in [1.82, 2.24) is 68.8 Å². The highest BCUT2D eigenvalue weighted by molar-refractivity contribution is 9.09. The van der Waals surface area contributed by atoms with Crippen LogP contribution in [0.4, 0.5) is 11.4 Å². The maximum Gasteiger partial charge on any atom is 0.257 e. The second-order valence-corrected chi connectivity index (χ2v) is 23.6. The number of fused-ring (bicyclic) bond motifs is 6. The number of amides is 4. The third-order valence-electron chi connectivity index (χ3n) is 16.3. The van der Waals surface area contributed by atoms with Gasteiger partial charge in [-0.05, 0) is 110 Å². The van der Waals surface area contributed by atoms with Crippen molar-refractivity contribution < 1.29 is 24.3 Å². The van der Waals surface area contributed by atoms with Crippen LogP contribution in [0.1, 0.15) is 94.9 Å². The van der Waals surface area contributed by atoms with Crippen LogP contribution in [0.5, 0.6) is 0 Å². The standard InChI is InChI=1S/C30H32N8O3.C26H24N8O2.C4H7Br/c1-17-31-13-20(14-32-17)25-35-24-23(33-16-34-26(24)36(25)4)19-8-9-22-21(12-19)30(28(40)37(22)15-29(2,3)41)10-5-11-38(30)27(39)18-6-7-18;1-14-27-11-17(12-28-14)22-32-21-20(29-13-30-23(21)33(22)2)16-6-7-19-18(10-16)26(25(36)31-19)8-3-9-34(26)24(35)15-4-5-15;1-4(2)3-5/h8-9,12-14,16,18,41H,5-7,10-11,15H2,1-4H3;6-7,10-13,15H,3-5,8-9H2,1-2H3,(H,31,36);1,3H2,2H3. The lowest BCUT2D eigenvalue weighted by Gasteiger charge is -2.35. The number of imidazole rings is 2. The van der Waals surface area contributed by atoms with Gasteiger partial charge in [0.25, 0.3) is 11.8 Å². The summed E-state index contributed by atoms with van der Waals surface area (Å²) in [7, 11) is 3.80. The number of aromatic nitrogens is 12. The molecule has 2 aromatic carbocycles. The van der Waals surface area contributed by atoms with E-state index in [-0.39, 0.29) is 42.0 Å². The Balaban J connectivity index is 0.000000151. The summed E-state index contributed by atoms with van der Waals surface area (Å²) in [6, 6.07) is 11.7. The van der Waals surface area contributed by atoms with Gasteiger partial charge in [-0.2, -0.15) is 0 Å².